The lowest BCUT2D eigenvalue weighted by molar-refractivity contribution is 0.182. The summed E-state index contributed by atoms with van der Waals surface area (Å²) in [5.74, 6) is 1.24. The summed E-state index contributed by atoms with van der Waals surface area (Å²) in [5, 5.41) is 5.37. The van der Waals surface area contributed by atoms with Crippen LogP contribution in [-0.2, 0) is 6.54 Å². The van der Waals surface area contributed by atoms with Crippen LogP contribution >= 0.6 is 35.3 Å². The van der Waals surface area contributed by atoms with Gasteiger partial charge in [0.05, 0.1) is 0 Å². The molecule has 2 rings (SSSR count). The Balaban J connectivity index is 0.00000242. The third-order valence-corrected chi connectivity index (χ3v) is 4.55. The van der Waals surface area contributed by atoms with Crippen LogP contribution in [0, 0.1) is 5.92 Å². The van der Waals surface area contributed by atoms with Crippen LogP contribution in [0.1, 0.15) is 38.5 Å². The predicted molar refractivity (Wildman–Crippen MR) is 107 cm³/mol. The van der Waals surface area contributed by atoms with E-state index in [0.29, 0.717) is 11.9 Å². The monoisotopic (exact) mass is 436 g/mol. The van der Waals surface area contributed by atoms with Gasteiger partial charge in [-0.25, -0.2) is 0 Å². The predicted octanol–water partition coefficient (Wildman–Crippen LogP) is 3.28. The van der Waals surface area contributed by atoms with Gasteiger partial charge in [0.25, 0.3) is 0 Å². The van der Waals surface area contributed by atoms with Crippen LogP contribution in [0.25, 0.3) is 0 Å². The van der Waals surface area contributed by atoms with Gasteiger partial charge in [0.15, 0.2) is 5.96 Å². The van der Waals surface area contributed by atoms with Crippen molar-refractivity contribution in [2.24, 2.45) is 16.6 Å². The lowest BCUT2D eigenvalue weighted by atomic mass is 9.97. The summed E-state index contributed by atoms with van der Waals surface area (Å²) in [7, 11) is 0. The van der Waals surface area contributed by atoms with Crippen LogP contribution in [0.5, 0.6) is 0 Å². The first-order valence-corrected chi connectivity index (χ1v) is 8.63. The van der Waals surface area contributed by atoms with Gasteiger partial charge in [0.1, 0.15) is 0 Å². The summed E-state index contributed by atoms with van der Waals surface area (Å²) in [4.78, 5) is 8.51. The molecule has 0 aliphatic carbocycles. The molecule has 0 bridgehead atoms. The van der Waals surface area contributed by atoms with Crippen LogP contribution in [0.4, 0.5) is 0 Å². The smallest absolute Gasteiger partial charge is 0.188 e. The van der Waals surface area contributed by atoms with Crippen molar-refractivity contribution in [3.05, 3.63) is 22.4 Å². The molecule has 0 atom stereocenters. The standard InChI is InChI=1S/C16H28N4S.HI/c1-16(2,3)19-15(17)18-11-13-6-8-20(9-7-13)12-14-5-4-10-21-14;/h4-5,10,13H,6-9,11-12H2,1-3H3,(H3,17,18,19);1H. The summed E-state index contributed by atoms with van der Waals surface area (Å²) in [6.07, 6.45) is 2.44. The van der Waals surface area contributed by atoms with Crippen molar-refractivity contribution in [1.29, 1.82) is 0 Å². The molecule has 2 heterocycles. The number of thiophene rings is 1. The van der Waals surface area contributed by atoms with E-state index in [4.69, 9.17) is 5.73 Å². The van der Waals surface area contributed by atoms with E-state index in [1.807, 2.05) is 11.3 Å². The zero-order valence-electron chi connectivity index (χ0n) is 13.8. The quantitative estimate of drug-likeness (QED) is 0.433. The lowest BCUT2D eigenvalue weighted by Crippen LogP contribution is -2.45. The summed E-state index contributed by atoms with van der Waals surface area (Å²) < 4.78 is 0. The molecule has 6 heteroatoms. The van der Waals surface area contributed by atoms with E-state index in [-0.39, 0.29) is 29.5 Å². The first-order valence-electron chi connectivity index (χ1n) is 7.75. The zero-order chi connectivity index (χ0) is 15.3. The maximum Gasteiger partial charge on any atom is 0.188 e. The second-order valence-electron chi connectivity index (χ2n) is 6.90. The Labute approximate surface area is 155 Å². The van der Waals surface area contributed by atoms with E-state index < -0.39 is 0 Å². The van der Waals surface area contributed by atoms with Crippen LogP contribution in [0.15, 0.2) is 22.5 Å². The molecule has 1 saturated heterocycles. The van der Waals surface area contributed by atoms with Gasteiger partial charge in [-0.15, -0.1) is 35.3 Å². The second-order valence-corrected chi connectivity index (χ2v) is 7.93. The number of hydrogen-bond donors (Lipinski definition) is 2. The first-order chi connectivity index (χ1) is 9.92. The number of nitrogens with two attached hydrogens (primary N) is 1. The van der Waals surface area contributed by atoms with Crippen LogP contribution in [-0.4, -0.2) is 36.0 Å². The molecule has 0 aromatic carbocycles. The minimum absolute atomic E-state index is 0. The van der Waals surface area contributed by atoms with Crippen molar-refractivity contribution in [1.82, 2.24) is 10.2 Å². The highest BCUT2D eigenvalue weighted by Crippen LogP contribution is 2.20. The third-order valence-electron chi connectivity index (χ3n) is 3.69. The molecule has 0 spiro atoms. The summed E-state index contributed by atoms with van der Waals surface area (Å²) >= 11 is 1.85. The van der Waals surface area contributed by atoms with Gasteiger partial charge in [-0.2, -0.15) is 0 Å². The van der Waals surface area contributed by atoms with E-state index in [2.05, 4.69) is 53.5 Å². The zero-order valence-corrected chi connectivity index (χ0v) is 17.0. The maximum absolute atomic E-state index is 5.92. The van der Waals surface area contributed by atoms with Crippen LogP contribution in [0.3, 0.4) is 0 Å². The molecule has 4 nitrogen and oxygen atoms in total. The number of halogens is 1. The highest BCUT2D eigenvalue weighted by Gasteiger charge is 2.19. The second kappa shape index (κ2) is 9.08. The van der Waals surface area contributed by atoms with Gasteiger partial charge >= 0.3 is 0 Å². The number of hydrogen-bond acceptors (Lipinski definition) is 3. The van der Waals surface area contributed by atoms with Gasteiger partial charge in [-0.3, -0.25) is 9.89 Å². The molecule has 1 aliphatic heterocycles. The van der Waals surface area contributed by atoms with Crippen molar-refractivity contribution >= 4 is 41.3 Å². The number of nitrogens with one attached hydrogen (secondary N) is 1. The fourth-order valence-electron chi connectivity index (χ4n) is 2.60. The minimum Gasteiger partial charge on any atom is -0.370 e. The molecule has 1 fully saturated rings. The molecule has 1 aromatic heterocycles. The molecule has 22 heavy (non-hydrogen) atoms. The molecule has 0 unspecified atom stereocenters. The molecule has 0 saturated carbocycles. The molecule has 126 valence electrons. The third kappa shape index (κ3) is 7.28. The average Bonchev–Trinajstić information content (AvgIpc) is 2.89. The topological polar surface area (TPSA) is 53.6 Å². The normalized spacial score (nSPS) is 18.0. The molecule has 1 aliphatic rings. The van der Waals surface area contributed by atoms with Crippen LogP contribution in [0.2, 0.25) is 0 Å². The highest BCUT2D eigenvalue weighted by molar-refractivity contribution is 14.0. The van der Waals surface area contributed by atoms with E-state index >= 15 is 0 Å². The molecule has 0 radical (unpaired) electrons. The molecular formula is C16H29IN4S. The van der Waals surface area contributed by atoms with Crippen molar-refractivity contribution in [3.8, 4) is 0 Å². The number of nitrogens with zero attached hydrogens (tertiary/aromatic N) is 2. The van der Waals surface area contributed by atoms with Gasteiger partial charge in [0, 0.05) is 23.5 Å². The average molecular weight is 436 g/mol. The van der Waals surface area contributed by atoms with E-state index in [9.17, 15) is 0 Å². The number of aliphatic imine (C=N–C) groups is 1. The maximum atomic E-state index is 5.92. The van der Waals surface area contributed by atoms with Crippen LogP contribution < -0.4 is 11.1 Å². The Morgan fingerprint density at radius 2 is 2.09 bits per heavy atom. The van der Waals surface area contributed by atoms with Crippen molar-refractivity contribution in [2.45, 2.75) is 45.7 Å². The molecular weight excluding hydrogens is 407 g/mol. The fourth-order valence-corrected chi connectivity index (χ4v) is 3.35. The van der Waals surface area contributed by atoms with Gasteiger partial charge in [-0.1, -0.05) is 6.07 Å². The number of guanidine groups is 1. The summed E-state index contributed by atoms with van der Waals surface area (Å²) in [6, 6.07) is 4.35. The molecule has 3 N–H and O–H groups in total. The number of rotatable bonds is 4. The molecule has 1 aromatic rings. The van der Waals surface area contributed by atoms with Gasteiger partial charge in [-0.05, 0) is 64.1 Å². The Morgan fingerprint density at radius 1 is 1.41 bits per heavy atom. The Bertz CT molecular complexity index is 445. The number of piperidine rings is 1. The Kier molecular flexibility index (Phi) is 8.13. The largest absolute Gasteiger partial charge is 0.370 e. The fraction of sp³-hybridized carbons (Fsp3) is 0.688. The highest BCUT2D eigenvalue weighted by atomic mass is 127. The Morgan fingerprint density at radius 3 is 2.64 bits per heavy atom. The summed E-state index contributed by atoms with van der Waals surface area (Å²) in [5.41, 5.74) is 5.91. The van der Waals surface area contributed by atoms with Gasteiger partial charge < -0.3 is 11.1 Å². The Hall–Kier alpha value is -0.340. The minimum atomic E-state index is -0.0162. The molecule has 0 amide bonds. The van der Waals surface area contributed by atoms with Crippen molar-refractivity contribution in [2.75, 3.05) is 19.6 Å². The van der Waals surface area contributed by atoms with Crippen molar-refractivity contribution in [3.63, 3.8) is 0 Å². The van der Waals surface area contributed by atoms with E-state index in [0.717, 1.165) is 13.1 Å². The number of likely N-dealkylation sites (tertiary alicyclic amines) is 1. The SMILES string of the molecule is CC(C)(C)NC(N)=NCC1CCN(Cc2cccs2)CC1.I. The van der Waals surface area contributed by atoms with E-state index in [1.54, 1.807) is 0 Å². The first kappa shape index (κ1) is 19.7. The van der Waals surface area contributed by atoms with E-state index in [1.165, 1.54) is 30.8 Å². The van der Waals surface area contributed by atoms with Crippen molar-refractivity contribution < 1.29 is 0 Å². The lowest BCUT2D eigenvalue weighted by Gasteiger charge is -2.31. The summed E-state index contributed by atoms with van der Waals surface area (Å²) in [6.45, 7) is 10.6. The van der Waals surface area contributed by atoms with Gasteiger partial charge in [0.2, 0.25) is 0 Å².